The minimum atomic E-state index is -0.494. The standard InChI is InChI=1S/C20H15ClFN3O3/c21-15-9-13(2-4-16(15)22)24-19-6-1-12(11-23-19)20(26)25-14-3-5-17-18(10-14)28-8-7-27-17/h1-6,9-11H,7-8H2,(H,23,24)(H,25,26). The van der Waals surface area contributed by atoms with E-state index in [9.17, 15) is 9.18 Å². The lowest BCUT2D eigenvalue weighted by Crippen LogP contribution is -2.16. The Morgan fingerprint density at radius 3 is 2.54 bits per heavy atom. The van der Waals surface area contributed by atoms with E-state index in [1.54, 1.807) is 36.4 Å². The number of pyridine rings is 1. The fourth-order valence-corrected chi connectivity index (χ4v) is 2.83. The number of nitrogens with zero attached hydrogens (tertiary/aromatic N) is 1. The maximum Gasteiger partial charge on any atom is 0.257 e. The number of halogens is 2. The Morgan fingerprint density at radius 2 is 1.79 bits per heavy atom. The van der Waals surface area contributed by atoms with E-state index in [1.807, 2.05) is 0 Å². The van der Waals surface area contributed by atoms with E-state index in [-0.39, 0.29) is 10.9 Å². The highest BCUT2D eigenvalue weighted by Gasteiger charge is 2.13. The topological polar surface area (TPSA) is 72.5 Å². The first kappa shape index (κ1) is 18.1. The second-order valence-corrected chi connectivity index (χ2v) is 6.41. The van der Waals surface area contributed by atoms with Gasteiger partial charge in [0.2, 0.25) is 0 Å². The van der Waals surface area contributed by atoms with Crippen LogP contribution in [-0.4, -0.2) is 24.1 Å². The van der Waals surface area contributed by atoms with Gasteiger partial charge in [0.05, 0.1) is 10.6 Å². The summed E-state index contributed by atoms with van der Waals surface area (Å²) in [6.45, 7) is 0.983. The maximum absolute atomic E-state index is 13.2. The second kappa shape index (κ2) is 7.74. The summed E-state index contributed by atoms with van der Waals surface area (Å²) in [5, 5.41) is 5.81. The van der Waals surface area contributed by atoms with Gasteiger partial charge in [-0.05, 0) is 42.5 Å². The lowest BCUT2D eigenvalue weighted by atomic mass is 10.2. The Bertz CT molecular complexity index is 1030. The van der Waals surface area contributed by atoms with Crippen LogP contribution in [0.5, 0.6) is 11.5 Å². The van der Waals surface area contributed by atoms with Gasteiger partial charge in [0.1, 0.15) is 24.8 Å². The van der Waals surface area contributed by atoms with Gasteiger partial charge in [-0.25, -0.2) is 9.37 Å². The first-order valence-electron chi connectivity index (χ1n) is 8.47. The monoisotopic (exact) mass is 399 g/mol. The summed E-state index contributed by atoms with van der Waals surface area (Å²) in [7, 11) is 0. The fourth-order valence-electron chi connectivity index (χ4n) is 2.65. The molecule has 0 bridgehead atoms. The molecule has 0 fully saturated rings. The predicted octanol–water partition coefficient (Wildman–Crippen LogP) is 4.64. The lowest BCUT2D eigenvalue weighted by molar-refractivity contribution is 0.102. The van der Waals surface area contributed by atoms with Crippen molar-refractivity contribution in [2.24, 2.45) is 0 Å². The van der Waals surface area contributed by atoms with Gasteiger partial charge in [0, 0.05) is 23.6 Å². The van der Waals surface area contributed by atoms with Crippen LogP contribution in [0.15, 0.2) is 54.7 Å². The third-order valence-electron chi connectivity index (χ3n) is 4.02. The number of rotatable bonds is 4. The van der Waals surface area contributed by atoms with Crippen LogP contribution < -0.4 is 20.1 Å². The van der Waals surface area contributed by atoms with Gasteiger partial charge in [0.15, 0.2) is 11.5 Å². The molecule has 2 heterocycles. The third-order valence-corrected chi connectivity index (χ3v) is 4.31. The molecule has 0 unspecified atom stereocenters. The molecule has 8 heteroatoms. The number of fused-ring (bicyclic) bond motifs is 1. The number of ether oxygens (including phenoxy) is 2. The highest BCUT2D eigenvalue weighted by molar-refractivity contribution is 6.31. The van der Waals surface area contributed by atoms with E-state index in [2.05, 4.69) is 15.6 Å². The number of anilines is 3. The summed E-state index contributed by atoms with van der Waals surface area (Å²) in [4.78, 5) is 16.6. The van der Waals surface area contributed by atoms with E-state index < -0.39 is 5.82 Å². The zero-order valence-corrected chi connectivity index (χ0v) is 15.3. The van der Waals surface area contributed by atoms with Crippen molar-refractivity contribution in [3.05, 3.63) is 71.1 Å². The SMILES string of the molecule is O=C(Nc1ccc2c(c1)OCCO2)c1ccc(Nc2ccc(F)c(Cl)c2)nc1. The molecule has 0 spiro atoms. The molecule has 0 saturated heterocycles. The molecule has 4 rings (SSSR count). The highest BCUT2D eigenvalue weighted by atomic mass is 35.5. The zero-order valence-electron chi connectivity index (χ0n) is 14.5. The van der Waals surface area contributed by atoms with Gasteiger partial charge in [0.25, 0.3) is 5.91 Å². The summed E-state index contributed by atoms with van der Waals surface area (Å²) in [5.74, 6) is 0.951. The summed E-state index contributed by atoms with van der Waals surface area (Å²) < 4.78 is 24.2. The molecule has 2 N–H and O–H groups in total. The van der Waals surface area contributed by atoms with E-state index in [0.29, 0.717) is 47.5 Å². The average Bonchev–Trinajstić information content (AvgIpc) is 2.71. The summed E-state index contributed by atoms with van der Waals surface area (Å²) in [6.07, 6.45) is 1.45. The van der Waals surface area contributed by atoms with Gasteiger partial charge < -0.3 is 20.1 Å². The first-order chi connectivity index (χ1) is 13.6. The molecule has 1 aromatic heterocycles. The number of carbonyl (C=O) groups is 1. The van der Waals surface area contributed by atoms with Crippen LogP contribution in [0, 0.1) is 5.82 Å². The van der Waals surface area contributed by atoms with E-state index in [4.69, 9.17) is 21.1 Å². The zero-order chi connectivity index (χ0) is 19.5. The van der Waals surface area contributed by atoms with Gasteiger partial charge in [-0.15, -0.1) is 0 Å². The van der Waals surface area contributed by atoms with Crippen LogP contribution in [0.3, 0.4) is 0 Å². The predicted molar refractivity (Wildman–Crippen MR) is 104 cm³/mol. The van der Waals surface area contributed by atoms with Crippen LogP contribution in [0.2, 0.25) is 5.02 Å². The van der Waals surface area contributed by atoms with Gasteiger partial charge in [-0.1, -0.05) is 11.6 Å². The van der Waals surface area contributed by atoms with Gasteiger partial charge in [-0.3, -0.25) is 4.79 Å². The average molecular weight is 400 g/mol. The Kier molecular flexibility index (Phi) is 4.99. The van der Waals surface area contributed by atoms with Crippen molar-refractivity contribution in [1.82, 2.24) is 4.98 Å². The molecule has 28 heavy (non-hydrogen) atoms. The molecule has 1 amide bonds. The summed E-state index contributed by atoms with van der Waals surface area (Å²) in [5.41, 5.74) is 1.57. The van der Waals surface area contributed by atoms with Crippen LogP contribution in [0.1, 0.15) is 10.4 Å². The Hall–Kier alpha value is -3.32. The molecule has 3 aromatic rings. The van der Waals surface area contributed by atoms with Crippen LogP contribution in [0.4, 0.5) is 21.6 Å². The van der Waals surface area contributed by atoms with Crippen LogP contribution in [-0.2, 0) is 0 Å². The van der Waals surface area contributed by atoms with Crippen LogP contribution >= 0.6 is 11.6 Å². The largest absolute Gasteiger partial charge is 0.486 e. The van der Waals surface area contributed by atoms with Crippen molar-refractivity contribution in [2.45, 2.75) is 0 Å². The van der Waals surface area contributed by atoms with E-state index >= 15 is 0 Å². The molecule has 1 aliphatic rings. The Balaban J connectivity index is 1.43. The van der Waals surface area contributed by atoms with Gasteiger partial charge in [-0.2, -0.15) is 0 Å². The van der Waals surface area contributed by atoms with Crippen molar-refractivity contribution in [1.29, 1.82) is 0 Å². The number of nitrogens with one attached hydrogen (secondary N) is 2. The normalized spacial score (nSPS) is 12.4. The minimum Gasteiger partial charge on any atom is -0.486 e. The molecule has 2 aromatic carbocycles. The van der Waals surface area contributed by atoms with E-state index in [0.717, 1.165) is 0 Å². The van der Waals surface area contributed by atoms with Crippen molar-refractivity contribution in [3.63, 3.8) is 0 Å². The summed E-state index contributed by atoms with van der Waals surface area (Å²) in [6, 6.07) is 12.8. The quantitative estimate of drug-likeness (QED) is 0.668. The van der Waals surface area contributed by atoms with E-state index in [1.165, 1.54) is 18.3 Å². The molecule has 6 nitrogen and oxygen atoms in total. The molecule has 0 atom stereocenters. The third kappa shape index (κ3) is 3.99. The van der Waals surface area contributed by atoms with Crippen molar-refractivity contribution in [3.8, 4) is 11.5 Å². The molecular weight excluding hydrogens is 385 g/mol. The Morgan fingerprint density at radius 1 is 1.00 bits per heavy atom. The minimum absolute atomic E-state index is 0.0143. The number of amides is 1. The number of carbonyl (C=O) groups excluding carboxylic acids is 1. The number of benzene rings is 2. The maximum atomic E-state index is 13.2. The smallest absolute Gasteiger partial charge is 0.257 e. The number of aromatic nitrogens is 1. The molecular formula is C20H15ClFN3O3. The molecule has 1 aliphatic heterocycles. The molecule has 0 saturated carbocycles. The molecule has 142 valence electrons. The van der Waals surface area contributed by atoms with Crippen molar-refractivity contribution in [2.75, 3.05) is 23.8 Å². The molecule has 0 radical (unpaired) electrons. The number of hydrogen-bond donors (Lipinski definition) is 2. The van der Waals surface area contributed by atoms with Gasteiger partial charge >= 0.3 is 0 Å². The second-order valence-electron chi connectivity index (χ2n) is 6.00. The van der Waals surface area contributed by atoms with Crippen molar-refractivity contribution < 1.29 is 18.7 Å². The summed E-state index contributed by atoms with van der Waals surface area (Å²) >= 11 is 5.76. The number of hydrogen-bond acceptors (Lipinski definition) is 5. The fraction of sp³-hybridized carbons (Fsp3) is 0.100. The van der Waals surface area contributed by atoms with Crippen LogP contribution in [0.25, 0.3) is 0 Å². The van der Waals surface area contributed by atoms with Crippen molar-refractivity contribution >= 4 is 34.7 Å². The first-order valence-corrected chi connectivity index (χ1v) is 8.85. The highest BCUT2D eigenvalue weighted by Crippen LogP contribution is 2.32. The lowest BCUT2D eigenvalue weighted by Gasteiger charge is -2.19. The Labute approximate surface area is 165 Å². The molecule has 0 aliphatic carbocycles.